The Morgan fingerprint density at radius 2 is 1.82 bits per heavy atom. The van der Waals surface area contributed by atoms with Crippen molar-refractivity contribution in [3.8, 4) is 5.88 Å². The fourth-order valence-corrected chi connectivity index (χ4v) is 4.36. The molecule has 1 atom stereocenters. The Balaban J connectivity index is 1.94. The first-order valence-electron chi connectivity index (χ1n) is 10.9. The van der Waals surface area contributed by atoms with Crippen molar-refractivity contribution in [3.63, 3.8) is 0 Å². The number of oxazole rings is 2. The first kappa shape index (κ1) is 21.5. The van der Waals surface area contributed by atoms with Crippen molar-refractivity contribution >= 4 is 23.6 Å². The highest BCUT2D eigenvalue weighted by Crippen LogP contribution is 2.39. The average Bonchev–Trinajstić information content (AvgIpc) is 3.34. The predicted molar refractivity (Wildman–Crippen MR) is 126 cm³/mol. The molecule has 1 aliphatic heterocycles. The summed E-state index contributed by atoms with van der Waals surface area (Å²) in [5, 5.41) is 0.187. The number of nitrogens with two attached hydrogens (primary N) is 1. The van der Waals surface area contributed by atoms with Crippen LogP contribution in [0.25, 0.3) is 17.5 Å². The molecule has 0 saturated carbocycles. The number of aryl methyl sites for hydroxylation is 2. The van der Waals surface area contributed by atoms with Crippen LogP contribution in [-0.2, 0) is 9.53 Å². The number of aromatic nitrogens is 2. The maximum absolute atomic E-state index is 13.3. The molecule has 0 unspecified atom stereocenters. The monoisotopic (exact) mass is 457 g/mol. The number of esters is 1. The van der Waals surface area contributed by atoms with Crippen molar-refractivity contribution < 1.29 is 18.4 Å². The van der Waals surface area contributed by atoms with Crippen LogP contribution < -0.4 is 22.3 Å². The van der Waals surface area contributed by atoms with Gasteiger partial charge in [0.2, 0.25) is 11.4 Å². The van der Waals surface area contributed by atoms with E-state index in [-0.39, 0.29) is 35.0 Å². The number of carbonyl (C=O) groups excluding carboxylic acids is 1. The summed E-state index contributed by atoms with van der Waals surface area (Å²) in [5.74, 6) is -1.06. The van der Waals surface area contributed by atoms with Gasteiger partial charge in [0.15, 0.2) is 0 Å². The minimum Gasteiger partial charge on any atom is -0.462 e. The van der Waals surface area contributed by atoms with E-state index in [4.69, 9.17) is 19.3 Å². The summed E-state index contributed by atoms with van der Waals surface area (Å²) in [5.41, 5.74) is 9.49. The quantitative estimate of drug-likeness (QED) is 0.468. The van der Waals surface area contributed by atoms with Gasteiger partial charge in [0.25, 0.3) is 6.01 Å². The summed E-state index contributed by atoms with van der Waals surface area (Å²) in [6.07, 6.45) is 1.70. The Labute approximate surface area is 194 Å². The summed E-state index contributed by atoms with van der Waals surface area (Å²) >= 11 is 0. The number of nitrogen functional groups attached to an aromatic ring is 1. The SMILES string of the molecule is CCOC(=O)C1=c2oc(=O)/c(=C\c3ccccc3C)n2-c2oc(N)nc2[C@H]1c1ccccc1C. The molecule has 0 bridgehead atoms. The smallest absolute Gasteiger partial charge is 0.362 e. The van der Waals surface area contributed by atoms with E-state index >= 15 is 0 Å². The van der Waals surface area contributed by atoms with Gasteiger partial charge in [0.05, 0.1) is 12.5 Å². The standard InChI is InChI=1S/C26H23N3O5/c1-4-32-25(31)20-19(17-12-8-6-10-15(17)3)21-23(34-26(27)28-21)29-18(24(30)33-22(20)29)13-16-11-7-5-9-14(16)2/h5-13,19H,4H2,1-3H3,(H2,27,28)/b18-13+/t19-/m0/s1. The first-order chi connectivity index (χ1) is 16.4. The van der Waals surface area contributed by atoms with Gasteiger partial charge in [0, 0.05) is 0 Å². The maximum atomic E-state index is 13.3. The Hall–Kier alpha value is -4.33. The molecule has 0 spiro atoms. The average molecular weight is 457 g/mol. The van der Waals surface area contributed by atoms with Gasteiger partial charge < -0.3 is 19.3 Å². The maximum Gasteiger partial charge on any atom is 0.362 e. The topological polar surface area (TPSA) is 113 Å². The molecule has 4 aromatic rings. The van der Waals surface area contributed by atoms with Crippen molar-refractivity contribution in [1.29, 1.82) is 0 Å². The lowest BCUT2D eigenvalue weighted by Crippen LogP contribution is -2.37. The number of fused-ring (bicyclic) bond motifs is 3. The molecule has 0 aliphatic carbocycles. The third kappa shape index (κ3) is 3.35. The van der Waals surface area contributed by atoms with Crippen molar-refractivity contribution in [2.45, 2.75) is 26.7 Å². The van der Waals surface area contributed by atoms with E-state index in [0.717, 1.165) is 22.3 Å². The summed E-state index contributed by atoms with van der Waals surface area (Å²) in [7, 11) is 0. The van der Waals surface area contributed by atoms with Gasteiger partial charge in [-0.25, -0.2) is 14.2 Å². The Morgan fingerprint density at radius 3 is 2.53 bits per heavy atom. The zero-order valence-electron chi connectivity index (χ0n) is 19.0. The Bertz CT molecular complexity index is 1610. The molecule has 2 aromatic heterocycles. The molecule has 1 aliphatic rings. The number of hydrogen-bond acceptors (Lipinski definition) is 7. The van der Waals surface area contributed by atoms with Crippen LogP contribution >= 0.6 is 0 Å². The largest absolute Gasteiger partial charge is 0.462 e. The van der Waals surface area contributed by atoms with Crippen LogP contribution in [0.2, 0.25) is 0 Å². The first-order valence-corrected chi connectivity index (χ1v) is 10.9. The molecule has 0 amide bonds. The molecule has 172 valence electrons. The van der Waals surface area contributed by atoms with E-state index in [1.54, 1.807) is 13.0 Å². The normalized spacial score (nSPS) is 15.2. The van der Waals surface area contributed by atoms with Gasteiger partial charge in [-0.2, -0.15) is 4.98 Å². The number of hydrogen-bond donors (Lipinski definition) is 1. The van der Waals surface area contributed by atoms with Crippen molar-refractivity contribution in [2.75, 3.05) is 12.3 Å². The summed E-state index contributed by atoms with van der Waals surface area (Å²) in [4.78, 5) is 30.8. The number of anilines is 1. The fourth-order valence-electron chi connectivity index (χ4n) is 4.36. The lowest BCUT2D eigenvalue weighted by atomic mass is 9.84. The van der Waals surface area contributed by atoms with E-state index in [1.807, 2.05) is 62.4 Å². The second-order valence-electron chi connectivity index (χ2n) is 8.08. The zero-order chi connectivity index (χ0) is 24.0. The number of carbonyl (C=O) groups is 1. The van der Waals surface area contributed by atoms with Gasteiger partial charge >= 0.3 is 11.6 Å². The molecule has 5 rings (SSSR count). The zero-order valence-corrected chi connectivity index (χ0v) is 19.0. The third-order valence-electron chi connectivity index (χ3n) is 5.96. The van der Waals surface area contributed by atoms with Gasteiger partial charge in [-0.1, -0.05) is 48.5 Å². The molecule has 0 saturated heterocycles. The lowest BCUT2D eigenvalue weighted by molar-refractivity contribution is -0.136. The van der Waals surface area contributed by atoms with Crippen LogP contribution in [0.3, 0.4) is 0 Å². The van der Waals surface area contributed by atoms with Gasteiger partial charge in [-0.05, 0) is 49.1 Å². The summed E-state index contributed by atoms with van der Waals surface area (Å²) < 4.78 is 18.3. The molecular formula is C26H23N3O5. The van der Waals surface area contributed by atoms with Crippen LogP contribution in [-0.4, -0.2) is 22.1 Å². The Morgan fingerprint density at radius 1 is 1.12 bits per heavy atom. The van der Waals surface area contributed by atoms with Crippen LogP contribution in [0, 0.1) is 13.8 Å². The van der Waals surface area contributed by atoms with Gasteiger partial charge in [0.1, 0.15) is 16.6 Å². The van der Waals surface area contributed by atoms with Gasteiger partial charge in [-0.3, -0.25) is 0 Å². The van der Waals surface area contributed by atoms with Crippen LogP contribution in [0.4, 0.5) is 6.01 Å². The molecule has 2 aromatic carbocycles. The second kappa shape index (κ2) is 8.22. The number of nitrogens with zero attached hydrogens (tertiary/aromatic N) is 2. The molecule has 8 nitrogen and oxygen atoms in total. The van der Waals surface area contributed by atoms with Crippen molar-refractivity contribution in [3.05, 3.63) is 97.8 Å². The molecule has 34 heavy (non-hydrogen) atoms. The third-order valence-corrected chi connectivity index (χ3v) is 5.96. The minimum absolute atomic E-state index is 0.0418. The highest BCUT2D eigenvalue weighted by atomic mass is 16.5. The second-order valence-corrected chi connectivity index (χ2v) is 8.08. The number of ether oxygens (including phenoxy) is 1. The number of rotatable bonds is 4. The van der Waals surface area contributed by atoms with E-state index < -0.39 is 17.5 Å². The lowest BCUT2D eigenvalue weighted by Gasteiger charge is -2.23. The molecule has 8 heteroatoms. The Kier molecular flexibility index (Phi) is 5.20. The van der Waals surface area contributed by atoms with E-state index in [2.05, 4.69) is 4.98 Å². The predicted octanol–water partition coefficient (Wildman–Crippen LogP) is 2.31. The van der Waals surface area contributed by atoms with E-state index in [1.165, 1.54) is 4.57 Å². The summed E-state index contributed by atoms with van der Waals surface area (Å²) in [6.45, 7) is 5.75. The number of benzene rings is 2. The molecule has 0 fully saturated rings. The fraction of sp³-hybridized carbons (Fsp3) is 0.192. The summed E-state index contributed by atoms with van der Waals surface area (Å²) in [6, 6.07) is 15.1. The highest BCUT2D eigenvalue weighted by Gasteiger charge is 2.40. The van der Waals surface area contributed by atoms with E-state index in [9.17, 15) is 9.59 Å². The highest BCUT2D eigenvalue weighted by molar-refractivity contribution is 6.12. The van der Waals surface area contributed by atoms with Crippen LogP contribution in [0.5, 0.6) is 0 Å². The molecule has 0 radical (unpaired) electrons. The van der Waals surface area contributed by atoms with E-state index in [0.29, 0.717) is 5.69 Å². The van der Waals surface area contributed by atoms with Crippen LogP contribution in [0.15, 0.2) is 62.2 Å². The van der Waals surface area contributed by atoms with Crippen molar-refractivity contribution in [2.24, 2.45) is 0 Å². The minimum atomic E-state index is -0.687. The van der Waals surface area contributed by atoms with Gasteiger partial charge in [-0.15, -0.1) is 0 Å². The molecule has 2 N–H and O–H groups in total. The molecular weight excluding hydrogens is 434 g/mol. The van der Waals surface area contributed by atoms with Crippen molar-refractivity contribution in [1.82, 2.24) is 9.55 Å². The molecule has 3 heterocycles. The van der Waals surface area contributed by atoms with Crippen LogP contribution in [0.1, 0.15) is 40.8 Å².